The molecule has 17 heavy (non-hydrogen) atoms. The second-order valence-corrected chi connectivity index (χ2v) is 4.42. The molecule has 0 aromatic carbocycles. The lowest BCUT2D eigenvalue weighted by Gasteiger charge is -2.32. The SMILES string of the molecule is COCC1CCN(CC(C#N)C(F)(F)F)CC1. The van der Waals surface area contributed by atoms with Crippen molar-refractivity contribution >= 4 is 0 Å². The van der Waals surface area contributed by atoms with E-state index in [1.54, 1.807) is 12.0 Å². The summed E-state index contributed by atoms with van der Waals surface area (Å²) < 4.78 is 42.2. The number of rotatable bonds is 4. The lowest BCUT2D eigenvalue weighted by Crippen LogP contribution is -2.41. The molecule has 1 heterocycles. The smallest absolute Gasteiger partial charge is 0.384 e. The number of likely N-dealkylation sites (tertiary alicyclic amines) is 1. The van der Waals surface area contributed by atoms with E-state index in [0.29, 0.717) is 25.6 Å². The van der Waals surface area contributed by atoms with Gasteiger partial charge in [0.2, 0.25) is 0 Å². The Morgan fingerprint density at radius 3 is 2.41 bits per heavy atom. The zero-order chi connectivity index (χ0) is 12.9. The van der Waals surface area contributed by atoms with Gasteiger partial charge in [0.15, 0.2) is 5.92 Å². The number of alkyl halides is 3. The molecular formula is C11H17F3N2O. The summed E-state index contributed by atoms with van der Waals surface area (Å²) in [5, 5.41) is 8.51. The summed E-state index contributed by atoms with van der Waals surface area (Å²) in [6, 6.07) is 1.33. The van der Waals surface area contributed by atoms with Crippen LogP contribution in [0, 0.1) is 23.2 Å². The van der Waals surface area contributed by atoms with Gasteiger partial charge in [0.25, 0.3) is 0 Å². The molecule has 0 bridgehead atoms. The molecule has 0 aliphatic carbocycles. The van der Waals surface area contributed by atoms with Crippen LogP contribution in [-0.2, 0) is 4.74 Å². The minimum atomic E-state index is -4.42. The Hall–Kier alpha value is -0.800. The Bertz CT molecular complexity index is 267. The third kappa shape index (κ3) is 4.52. The Balaban J connectivity index is 2.37. The van der Waals surface area contributed by atoms with Gasteiger partial charge in [-0.3, -0.25) is 0 Å². The van der Waals surface area contributed by atoms with Crippen molar-refractivity contribution in [3.05, 3.63) is 0 Å². The van der Waals surface area contributed by atoms with Crippen LogP contribution in [-0.4, -0.2) is 44.4 Å². The zero-order valence-electron chi connectivity index (χ0n) is 9.83. The molecule has 0 aromatic heterocycles. The summed E-state index contributed by atoms with van der Waals surface area (Å²) in [4.78, 5) is 1.72. The van der Waals surface area contributed by atoms with Crippen molar-refractivity contribution in [2.24, 2.45) is 11.8 Å². The number of piperidine rings is 1. The van der Waals surface area contributed by atoms with Crippen molar-refractivity contribution in [1.29, 1.82) is 5.26 Å². The number of nitrogens with zero attached hydrogens (tertiary/aromatic N) is 2. The van der Waals surface area contributed by atoms with Crippen LogP contribution < -0.4 is 0 Å². The molecule has 1 unspecified atom stereocenters. The molecule has 0 radical (unpaired) electrons. The van der Waals surface area contributed by atoms with Gasteiger partial charge in [0.05, 0.1) is 6.07 Å². The lowest BCUT2D eigenvalue weighted by atomic mass is 9.97. The normalized spacial score (nSPS) is 21.1. The molecule has 0 spiro atoms. The average molecular weight is 250 g/mol. The molecule has 1 aliphatic rings. The Morgan fingerprint density at radius 2 is 2.00 bits per heavy atom. The molecular weight excluding hydrogens is 233 g/mol. The monoisotopic (exact) mass is 250 g/mol. The van der Waals surface area contributed by atoms with Gasteiger partial charge in [-0.1, -0.05) is 0 Å². The molecule has 0 amide bonds. The number of nitriles is 1. The first kappa shape index (κ1) is 14.3. The summed E-state index contributed by atoms with van der Waals surface area (Å²) in [6.07, 6.45) is -2.74. The van der Waals surface area contributed by atoms with E-state index in [0.717, 1.165) is 12.8 Å². The van der Waals surface area contributed by atoms with Gasteiger partial charge in [-0.25, -0.2) is 0 Å². The molecule has 1 fully saturated rings. The number of halogens is 3. The summed E-state index contributed by atoms with van der Waals surface area (Å²) >= 11 is 0. The Labute approximate surface area is 99.1 Å². The topological polar surface area (TPSA) is 36.3 Å². The largest absolute Gasteiger partial charge is 0.405 e. The molecule has 1 aliphatic heterocycles. The summed E-state index contributed by atoms with van der Waals surface area (Å²) in [5.74, 6) is -1.44. The molecule has 98 valence electrons. The highest BCUT2D eigenvalue weighted by molar-refractivity contribution is 4.91. The Morgan fingerprint density at radius 1 is 1.41 bits per heavy atom. The highest BCUT2D eigenvalue weighted by atomic mass is 19.4. The third-order valence-corrected chi connectivity index (χ3v) is 3.10. The second-order valence-electron chi connectivity index (χ2n) is 4.42. The van der Waals surface area contributed by atoms with Gasteiger partial charge < -0.3 is 9.64 Å². The predicted molar refractivity (Wildman–Crippen MR) is 56.2 cm³/mol. The lowest BCUT2D eigenvalue weighted by molar-refractivity contribution is -0.164. The predicted octanol–water partition coefficient (Wildman–Crippen LogP) is 2.05. The maximum absolute atomic E-state index is 12.4. The maximum Gasteiger partial charge on any atom is 0.405 e. The summed E-state index contributed by atoms with van der Waals surface area (Å²) in [6.45, 7) is 1.68. The van der Waals surface area contributed by atoms with Crippen molar-refractivity contribution in [3.63, 3.8) is 0 Å². The van der Waals surface area contributed by atoms with Crippen LogP contribution in [0.2, 0.25) is 0 Å². The summed E-state index contributed by atoms with van der Waals surface area (Å²) in [5.41, 5.74) is 0. The van der Waals surface area contributed by atoms with Crippen LogP contribution in [0.4, 0.5) is 13.2 Å². The van der Waals surface area contributed by atoms with E-state index in [4.69, 9.17) is 10.00 Å². The van der Waals surface area contributed by atoms with E-state index in [1.165, 1.54) is 6.07 Å². The first-order chi connectivity index (χ1) is 7.97. The minimum absolute atomic E-state index is 0.209. The molecule has 1 saturated heterocycles. The number of hydrogen-bond donors (Lipinski definition) is 0. The number of methoxy groups -OCH3 is 1. The van der Waals surface area contributed by atoms with Crippen LogP contribution >= 0.6 is 0 Å². The van der Waals surface area contributed by atoms with Crippen LogP contribution in [0.15, 0.2) is 0 Å². The molecule has 1 atom stereocenters. The van der Waals surface area contributed by atoms with Crippen LogP contribution in [0.5, 0.6) is 0 Å². The fraction of sp³-hybridized carbons (Fsp3) is 0.909. The van der Waals surface area contributed by atoms with Crippen molar-refractivity contribution in [3.8, 4) is 6.07 Å². The van der Waals surface area contributed by atoms with Crippen molar-refractivity contribution in [2.75, 3.05) is 33.4 Å². The molecule has 0 aromatic rings. The van der Waals surface area contributed by atoms with E-state index in [1.807, 2.05) is 0 Å². The van der Waals surface area contributed by atoms with Gasteiger partial charge in [-0.05, 0) is 31.8 Å². The standard InChI is InChI=1S/C11H17F3N2O/c1-17-8-9-2-4-16(5-3-9)7-10(6-15)11(12,13)14/h9-10H,2-5,7-8H2,1H3. The average Bonchev–Trinajstić information content (AvgIpc) is 2.27. The van der Waals surface area contributed by atoms with Gasteiger partial charge >= 0.3 is 6.18 Å². The molecule has 6 heteroatoms. The zero-order valence-corrected chi connectivity index (χ0v) is 9.83. The molecule has 3 nitrogen and oxygen atoms in total. The van der Waals surface area contributed by atoms with E-state index < -0.39 is 12.1 Å². The summed E-state index contributed by atoms with van der Waals surface area (Å²) in [7, 11) is 1.63. The highest BCUT2D eigenvalue weighted by Crippen LogP contribution is 2.27. The fourth-order valence-corrected chi connectivity index (χ4v) is 2.05. The van der Waals surface area contributed by atoms with Gasteiger partial charge in [0.1, 0.15) is 0 Å². The maximum atomic E-state index is 12.4. The first-order valence-corrected chi connectivity index (χ1v) is 5.65. The number of ether oxygens (including phenoxy) is 1. The second kappa shape index (κ2) is 6.22. The first-order valence-electron chi connectivity index (χ1n) is 5.65. The van der Waals surface area contributed by atoms with E-state index in [9.17, 15) is 13.2 Å². The van der Waals surface area contributed by atoms with Gasteiger partial charge in [-0.15, -0.1) is 0 Å². The fourth-order valence-electron chi connectivity index (χ4n) is 2.05. The van der Waals surface area contributed by atoms with E-state index in [-0.39, 0.29) is 6.54 Å². The van der Waals surface area contributed by atoms with Crippen LogP contribution in [0.1, 0.15) is 12.8 Å². The molecule has 0 saturated carbocycles. The van der Waals surface area contributed by atoms with Crippen LogP contribution in [0.3, 0.4) is 0 Å². The van der Waals surface area contributed by atoms with Crippen molar-refractivity contribution in [1.82, 2.24) is 4.90 Å². The minimum Gasteiger partial charge on any atom is -0.384 e. The highest BCUT2D eigenvalue weighted by Gasteiger charge is 2.41. The third-order valence-electron chi connectivity index (χ3n) is 3.10. The quantitative estimate of drug-likeness (QED) is 0.766. The van der Waals surface area contributed by atoms with Crippen LogP contribution in [0.25, 0.3) is 0 Å². The van der Waals surface area contributed by atoms with E-state index in [2.05, 4.69) is 0 Å². The molecule has 0 N–H and O–H groups in total. The van der Waals surface area contributed by atoms with Gasteiger partial charge in [-0.2, -0.15) is 18.4 Å². The van der Waals surface area contributed by atoms with Crippen molar-refractivity contribution < 1.29 is 17.9 Å². The molecule has 1 rings (SSSR count). The van der Waals surface area contributed by atoms with E-state index >= 15 is 0 Å². The number of hydrogen-bond acceptors (Lipinski definition) is 3. The van der Waals surface area contributed by atoms with Gasteiger partial charge in [0, 0.05) is 20.3 Å². The Kier molecular flexibility index (Phi) is 5.22. The van der Waals surface area contributed by atoms with Crippen molar-refractivity contribution in [2.45, 2.75) is 19.0 Å².